The third-order valence-corrected chi connectivity index (χ3v) is 4.28. The molecule has 6 heteroatoms. The SMILES string of the molecule is CN(Cc1ccc(Br)cc1[N+](=O)[O-])CC1(O)CCCC1. The first-order valence-electron chi connectivity index (χ1n) is 6.73. The number of nitrogens with zero attached hydrogens (tertiary/aromatic N) is 2. The van der Waals surface area contributed by atoms with Gasteiger partial charge in [-0.05, 0) is 32.0 Å². The largest absolute Gasteiger partial charge is 0.389 e. The lowest BCUT2D eigenvalue weighted by Crippen LogP contribution is -2.38. The van der Waals surface area contributed by atoms with Gasteiger partial charge in [-0.1, -0.05) is 28.8 Å². The number of nitro groups is 1. The van der Waals surface area contributed by atoms with Gasteiger partial charge in [-0.3, -0.25) is 15.0 Å². The summed E-state index contributed by atoms with van der Waals surface area (Å²) in [6.07, 6.45) is 3.76. The fraction of sp³-hybridized carbons (Fsp3) is 0.571. The van der Waals surface area contributed by atoms with Gasteiger partial charge in [0.15, 0.2) is 0 Å². The van der Waals surface area contributed by atoms with E-state index < -0.39 is 5.60 Å². The fourth-order valence-electron chi connectivity index (χ4n) is 2.88. The van der Waals surface area contributed by atoms with Crippen LogP contribution < -0.4 is 0 Å². The second-order valence-electron chi connectivity index (χ2n) is 5.63. The normalized spacial score (nSPS) is 17.6. The summed E-state index contributed by atoms with van der Waals surface area (Å²) in [6, 6.07) is 5.09. The maximum Gasteiger partial charge on any atom is 0.275 e. The van der Waals surface area contributed by atoms with Crippen LogP contribution in [0.5, 0.6) is 0 Å². The lowest BCUT2D eigenvalue weighted by molar-refractivity contribution is -0.385. The quantitative estimate of drug-likeness (QED) is 0.659. The van der Waals surface area contributed by atoms with Crippen molar-refractivity contribution in [2.75, 3.05) is 13.6 Å². The smallest absolute Gasteiger partial charge is 0.275 e. The monoisotopic (exact) mass is 342 g/mol. The van der Waals surface area contributed by atoms with Crippen LogP contribution in [0, 0.1) is 10.1 Å². The van der Waals surface area contributed by atoms with Crippen molar-refractivity contribution >= 4 is 21.6 Å². The molecule has 0 bridgehead atoms. The van der Waals surface area contributed by atoms with Crippen LogP contribution in [0.25, 0.3) is 0 Å². The molecule has 1 saturated carbocycles. The van der Waals surface area contributed by atoms with Gasteiger partial charge < -0.3 is 5.11 Å². The summed E-state index contributed by atoms with van der Waals surface area (Å²) in [5, 5.41) is 21.5. The molecule has 0 atom stereocenters. The molecule has 0 amide bonds. The molecule has 5 nitrogen and oxygen atoms in total. The summed E-state index contributed by atoms with van der Waals surface area (Å²) in [5.74, 6) is 0. The predicted octanol–water partition coefficient (Wildman–Crippen LogP) is 3.09. The number of rotatable bonds is 5. The Kier molecular flexibility index (Phi) is 4.78. The summed E-state index contributed by atoms with van der Waals surface area (Å²) < 4.78 is 0.699. The van der Waals surface area contributed by atoms with Crippen LogP contribution in [0.3, 0.4) is 0 Å². The van der Waals surface area contributed by atoms with E-state index in [-0.39, 0.29) is 10.6 Å². The highest BCUT2D eigenvalue weighted by atomic mass is 79.9. The van der Waals surface area contributed by atoms with Crippen molar-refractivity contribution in [1.82, 2.24) is 4.90 Å². The minimum absolute atomic E-state index is 0.115. The Morgan fingerprint density at radius 1 is 1.45 bits per heavy atom. The highest BCUT2D eigenvalue weighted by Crippen LogP contribution is 2.31. The number of aliphatic hydroxyl groups is 1. The highest BCUT2D eigenvalue weighted by molar-refractivity contribution is 9.10. The number of hydrogen-bond donors (Lipinski definition) is 1. The van der Waals surface area contributed by atoms with E-state index in [1.54, 1.807) is 12.1 Å². The number of halogens is 1. The predicted molar refractivity (Wildman–Crippen MR) is 80.5 cm³/mol. The first-order valence-corrected chi connectivity index (χ1v) is 7.53. The Balaban J connectivity index is 2.07. The van der Waals surface area contributed by atoms with Crippen LogP contribution in [-0.2, 0) is 6.54 Å². The number of nitro benzene ring substituents is 1. The molecule has 0 radical (unpaired) electrons. The molecule has 110 valence electrons. The molecule has 20 heavy (non-hydrogen) atoms. The van der Waals surface area contributed by atoms with Crippen LogP contribution in [0.15, 0.2) is 22.7 Å². The zero-order chi connectivity index (χ0) is 14.8. The third-order valence-electron chi connectivity index (χ3n) is 3.78. The van der Waals surface area contributed by atoms with Crippen molar-refractivity contribution in [3.63, 3.8) is 0 Å². The van der Waals surface area contributed by atoms with Gasteiger partial charge in [-0.25, -0.2) is 0 Å². The summed E-state index contributed by atoms with van der Waals surface area (Å²) >= 11 is 3.25. The van der Waals surface area contributed by atoms with E-state index in [0.717, 1.165) is 25.7 Å². The first kappa shape index (κ1) is 15.4. The molecule has 1 N–H and O–H groups in total. The Morgan fingerprint density at radius 2 is 2.10 bits per heavy atom. The first-order chi connectivity index (χ1) is 9.39. The van der Waals surface area contributed by atoms with Crippen LogP contribution in [-0.4, -0.2) is 34.1 Å². The lowest BCUT2D eigenvalue weighted by Gasteiger charge is -2.28. The molecule has 1 aliphatic rings. The summed E-state index contributed by atoms with van der Waals surface area (Å²) in [7, 11) is 1.89. The van der Waals surface area contributed by atoms with Gasteiger partial charge in [-0.2, -0.15) is 0 Å². The van der Waals surface area contributed by atoms with E-state index in [4.69, 9.17) is 0 Å². The fourth-order valence-corrected chi connectivity index (χ4v) is 3.23. The lowest BCUT2D eigenvalue weighted by atomic mass is 10.0. The maximum absolute atomic E-state index is 11.1. The summed E-state index contributed by atoms with van der Waals surface area (Å²) in [5.41, 5.74) is 0.158. The molecule has 1 aromatic rings. The Morgan fingerprint density at radius 3 is 2.70 bits per heavy atom. The highest BCUT2D eigenvalue weighted by Gasteiger charge is 2.32. The second-order valence-corrected chi connectivity index (χ2v) is 6.55. The molecule has 0 saturated heterocycles. The third kappa shape index (κ3) is 3.77. The van der Waals surface area contributed by atoms with Crippen LogP contribution in [0.1, 0.15) is 31.2 Å². The van der Waals surface area contributed by atoms with Gasteiger partial charge in [0.25, 0.3) is 5.69 Å². The topological polar surface area (TPSA) is 66.6 Å². The Hall–Kier alpha value is -0.980. The minimum atomic E-state index is -0.626. The molecule has 0 unspecified atom stereocenters. The number of hydrogen-bond acceptors (Lipinski definition) is 4. The van der Waals surface area contributed by atoms with Crippen molar-refractivity contribution < 1.29 is 10.0 Å². The van der Waals surface area contributed by atoms with E-state index in [1.165, 1.54) is 6.07 Å². The van der Waals surface area contributed by atoms with Gasteiger partial charge in [-0.15, -0.1) is 0 Å². The summed E-state index contributed by atoms with van der Waals surface area (Å²) in [4.78, 5) is 12.7. The van der Waals surface area contributed by atoms with E-state index >= 15 is 0 Å². The number of likely N-dealkylation sites (N-methyl/N-ethyl adjacent to an activating group) is 1. The standard InChI is InChI=1S/C14H19BrN2O3/c1-16(10-14(18)6-2-3-7-14)9-11-4-5-12(15)8-13(11)17(19)20/h4-5,8,18H,2-3,6-7,9-10H2,1H3. The van der Waals surface area contributed by atoms with Crippen molar-refractivity contribution in [2.45, 2.75) is 37.8 Å². The van der Waals surface area contributed by atoms with Gasteiger partial charge in [0, 0.05) is 29.2 Å². The van der Waals surface area contributed by atoms with Gasteiger partial charge in [0.05, 0.1) is 10.5 Å². The van der Waals surface area contributed by atoms with Crippen molar-refractivity contribution in [2.24, 2.45) is 0 Å². The molecule has 1 aromatic carbocycles. The summed E-state index contributed by atoms with van der Waals surface area (Å²) in [6.45, 7) is 1.02. The molecule has 0 spiro atoms. The van der Waals surface area contributed by atoms with E-state index in [1.807, 2.05) is 11.9 Å². The van der Waals surface area contributed by atoms with Crippen LogP contribution >= 0.6 is 15.9 Å². The van der Waals surface area contributed by atoms with E-state index in [0.29, 0.717) is 23.1 Å². The van der Waals surface area contributed by atoms with Crippen molar-refractivity contribution in [1.29, 1.82) is 0 Å². The maximum atomic E-state index is 11.1. The molecule has 0 heterocycles. The zero-order valence-corrected chi connectivity index (χ0v) is 13.1. The molecule has 0 aromatic heterocycles. The molecule has 1 fully saturated rings. The Labute approximate surface area is 126 Å². The van der Waals surface area contributed by atoms with Gasteiger partial charge in [0.1, 0.15) is 0 Å². The second kappa shape index (κ2) is 6.20. The van der Waals surface area contributed by atoms with Gasteiger partial charge in [0.2, 0.25) is 0 Å². The van der Waals surface area contributed by atoms with Gasteiger partial charge >= 0.3 is 0 Å². The van der Waals surface area contributed by atoms with E-state index in [2.05, 4.69) is 15.9 Å². The number of benzene rings is 1. The minimum Gasteiger partial charge on any atom is -0.389 e. The molecular formula is C14H19BrN2O3. The average Bonchev–Trinajstić information content (AvgIpc) is 2.77. The van der Waals surface area contributed by atoms with Crippen LogP contribution in [0.4, 0.5) is 5.69 Å². The molecular weight excluding hydrogens is 324 g/mol. The van der Waals surface area contributed by atoms with E-state index in [9.17, 15) is 15.2 Å². The van der Waals surface area contributed by atoms with Crippen molar-refractivity contribution in [3.05, 3.63) is 38.3 Å². The zero-order valence-electron chi connectivity index (χ0n) is 11.5. The Bertz CT molecular complexity index is 501. The molecule has 0 aliphatic heterocycles. The average molecular weight is 343 g/mol. The molecule has 1 aliphatic carbocycles. The molecule has 2 rings (SSSR count). The van der Waals surface area contributed by atoms with Crippen molar-refractivity contribution in [3.8, 4) is 0 Å². The van der Waals surface area contributed by atoms with Crippen LogP contribution in [0.2, 0.25) is 0 Å².